The summed E-state index contributed by atoms with van der Waals surface area (Å²) in [7, 11) is 0. The molecule has 2 heterocycles. The topological polar surface area (TPSA) is 79.4 Å². The summed E-state index contributed by atoms with van der Waals surface area (Å²) in [6, 6.07) is 18.0. The Labute approximate surface area is 127 Å². The first-order valence-electron chi connectivity index (χ1n) is 6.76. The van der Waals surface area contributed by atoms with Gasteiger partial charge >= 0.3 is 0 Å². The van der Waals surface area contributed by atoms with Crippen LogP contribution < -0.4 is 5.32 Å². The largest absolute Gasteiger partial charge is 0.340 e. The van der Waals surface area contributed by atoms with E-state index >= 15 is 0 Å². The lowest BCUT2D eigenvalue weighted by Crippen LogP contribution is -1.95. The maximum absolute atomic E-state index is 4.28. The second kappa shape index (κ2) is 6.94. The third kappa shape index (κ3) is 3.43. The van der Waals surface area contributed by atoms with Gasteiger partial charge in [0.2, 0.25) is 0 Å². The second-order valence-electron chi connectivity index (χ2n) is 4.39. The monoisotopic (exact) mass is 290 g/mol. The van der Waals surface area contributed by atoms with Crippen LogP contribution in [0.1, 0.15) is 0 Å². The molecule has 0 aliphatic heterocycles. The first kappa shape index (κ1) is 13.7. The minimum atomic E-state index is 0.835. The van der Waals surface area contributed by atoms with Crippen LogP contribution in [0.15, 0.2) is 73.3 Å². The lowest BCUT2D eigenvalue weighted by Gasteiger charge is -2.07. The minimum Gasteiger partial charge on any atom is -0.340 e. The number of hydrogen-bond acceptors (Lipinski definition) is 5. The Balaban J connectivity index is 0.000000246. The highest BCUT2D eigenvalue weighted by Gasteiger charge is 2.02. The molecular weight excluding hydrogens is 276 g/mol. The molecule has 2 aromatic carbocycles. The number of benzene rings is 2. The fourth-order valence-electron chi connectivity index (χ4n) is 1.93. The number of hydrogen-bond donors (Lipinski definition) is 2. The summed E-state index contributed by atoms with van der Waals surface area (Å²) in [6.45, 7) is 0. The van der Waals surface area contributed by atoms with Crippen molar-refractivity contribution in [2.24, 2.45) is 0 Å². The molecule has 22 heavy (non-hydrogen) atoms. The third-order valence-corrected chi connectivity index (χ3v) is 2.91. The molecule has 0 aliphatic carbocycles. The zero-order valence-corrected chi connectivity index (χ0v) is 11.7. The fraction of sp³-hybridized carbons (Fsp3) is 0. The minimum absolute atomic E-state index is 0.835. The smallest absolute Gasteiger partial charge is 0.141 e. The average molecular weight is 290 g/mol. The summed E-state index contributed by atoms with van der Waals surface area (Å²) in [5, 5.41) is 13.6. The van der Waals surface area contributed by atoms with Gasteiger partial charge in [0.15, 0.2) is 0 Å². The molecule has 0 amide bonds. The number of H-pyrrole nitrogens is 1. The van der Waals surface area contributed by atoms with Gasteiger partial charge in [0.1, 0.15) is 12.1 Å². The SMILES string of the molecule is c1c[nH]nn1.c1ccc(Nc2ncnc3ccccc23)cc1. The summed E-state index contributed by atoms with van der Waals surface area (Å²) in [6.07, 6.45) is 4.81. The molecule has 2 aromatic heterocycles. The zero-order chi connectivity index (χ0) is 15.0. The number of anilines is 2. The molecule has 4 rings (SSSR count). The highest BCUT2D eigenvalue weighted by molar-refractivity contribution is 5.90. The van der Waals surface area contributed by atoms with Crippen molar-refractivity contribution < 1.29 is 0 Å². The fourth-order valence-corrected chi connectivity index (χ4v) is 1.93. The van der Waals surface area contributed by atoms with E-state index in [9.17, 15) is 0 Å². The summed E-state index contributed by atoms with van der Waals surface area (Å²) in [5.41, 5.74) is 1.97. The van der Waals surface area contributed by atoms with Crippen LogP contribution in [-0.2, 0) is 0 Å². The van der Waals surface area contributed by atoms with Gasteiger partial charge < -0.3 is 5.32 Å². The van der Waals surface area contributed by atoms with Crippen molar-refractivity contribution in [3.63, 3.8) is 0 Å². The molecule has 6 nitrogen and oxygen atoms in total. The summed E-state index contributed by atoms with van der Waals surface area (Å²) < 4.78 is 0. The molecule has 6 heteroatoms. The van der Waals surface area contributed by atoms with Crippen LogP contribution in [0.2, 0.25) is 0 Å². The first-order valence-corrected chi connectivity index (χ1v) is 6.76. The Hall–Kier alpha value is -3.28. The maximum atomic E-state index is 4.28. The van der Waals surface area contributed by atoms with Crippen molar-refractivity contribution in [2.75, 3.05) is 5.32 Å². The molecule has 0 saturated carbocycles. The van der Waals surface area contributed by atoms with Gasteiger partial charge in [-0.3, -0.25) is 5.10 Å². The molecule has 0 fully saturated rings. The van der Waals surface area contributed by atoms with E-state index < -0.39 is 0 Å². The molecule has 0 atom stereocenters. The van der Waals surface area contributed by atoms with Gasteiger partial charge in [-0.25, -0.2) is 9.97 Å². The lowest BCUT2D eigenvalue weighted by atomic mass is 10.2. The Bertz CT molecular complexity index is 792. The van der Waals surface area contributed by atoms with E-state index in [4.69, 9.17) is 0 Å². The van der Waals surface area contributed by atoms with Crippen molar-refractivity contribution in [1.29, 1.82) is 0 Å². The molecular formula is C16H14N6. The number of aromatic amines is 1. The van der Waals surface area contributed by atoms with E-state index in [0.29, 0.717) is 0 Å². The quantitative estimate of drug-likeness (QED) is 0.592. The van der Waals surface area contributed by atoms with Crippen LogP contribution in [-0.4, -0.2) is 25.4 Å². The molecule has 4 aromatic rings. The van der Waals surface area contributed by atoms with E-state index in [1.54, 1.807) is 18.7 Å². The van der Waals surface area contributed by atoms with Gasteiger partial charge in [0, 0.05) is 17.3 Å². The normalized spacial score (nSPS) is 9.82. The summed E-state index contributed by atoms with van der Waals surface area (Å²) >= 11 is 0. The molecule has 0 aliphatic rings. The van der Waals surface area contributed by atoms with Gasteiger partial charge in [-0.05, 0) is 24.3 Å². The Morgan fingerprint density at radius 2 is 1.68 bits per heavy atom. The number of aromatic nitrogens is 5. The Morgan fingerprint density at radius 1 is 0.864 bits per heavy atom. The van der Waals surface area contributed by atoms with E-state index in [2.05, 4.69) is 30.7 Å². The van der Waals surface area contributed by atoms with Gasteiger partial charge in [-0.2, -0.15) is 0 Å². The van der Waals surface area contributed by atoms with Crippen LogP contribution in [0.25, 0.3) is 10.9 Å². The van der Waals surface area contributed by atoms with Gasteiger partial charge in [-0.1, -0.05) is 35.5 Å². The number of nitrogens with zero attached hydrogens (tertiary/aromatic N) is 4. The summed E-state index contributed by atoms with van der Waals surface area (Å²) in [5.74, 6) is 0.835. The van der Waals surface area contributed by atoms with Crippen LogP contribution in [0, 0.1) is 0 Å². The van der Waals surface area contributed by atoms with E-state index in [0.717, 1.165) is 22.4 Å². The number of fused-ring (bicyclic) bond motifs is 1. The molecule has 0 bridgehead atoms. The van der Waals surface area contributed by atoms with Crippen LogP contribution in [0.5, 0.6) is 0 Å². The second-order valence-corrected chi connectivity index (χ2v) is 4.39. The highest BCUT2D eigenvalue weighted by Crippen LogP contribution is 2.21. The van der Waals surface area contributed by atoms with Gasteiger partial charge in [-0.15, -0.1) is 5.10 Å². The van der Waals surface area contributed by atoms with Crippen molar-refractivity contribution >= 4 is 22.4 Å². The molecule has 0 unspecified atom stereocenters. The van der Waals surface area contributed by atoms with Crippen molar-refractivity contribution in [3.8, 4) is 0 Å². The third-order valence-electron chi connectivity index (χ3n) is 2.91. The Kier molecular flexibility index (Phi) is 4.32. The van der Waals surface area contributed by atoms with Crippen LogP contribution >= 0.6 is 0 Å². The van der Waals surface area contributed by atoms with Crippen molar-refractivity contribution in [2.45, 2.75) is 0 Å². The highest BCUT2D eigenvalue weighted by atomic mass is 15.3. The van der Waals surface area contributed by atoms with Crippen molar-refractivity contribution in [1.82, 2.24) is 25.4 Å². The van der Waals surface area contributed by atoms with Gasteiger partial charge in [0.25, 0.3) is 0 Å². The van der Waals surface area contributed by atoms with E-state index in [-0.39, 0.29) is 0 Å². The molecule has 0 saturated heterocycles. The molecule has 0 spiro atoms. The van der Waals surface area contributed by atoms with Crippen LogP contribution in [0.3, 0.4) is 0 Å². The lowest BCUT2D eigenvalue weighted by molar-refractivity contribution is 0.940. The van der Waals surface area contributed by atoms with Gasteiger partial charge in [0.05, 0.1) is 11.7 Å². The average Bonchev–Trinajstić information content (AvgIpc) is 3.16. The van der Waals surface area contributed by atoms with Crippen molar-refractivity contribution in [3.05, 3.63) is 73.3 Å². The van der Waals surface area contributed by atoms with E-state index in [1.165, 1.54) is 0 Å². The summed E-state index contributed by atoms with van der Waals surface area (Å²) in [4.78, 5) is 8.51. The van der Waals surface area contributed by atoms with E-state index in [1.807, 2.05) is 54.6 Å². The Morgan fingerprint density at radius 3 is 2.41 bits per heavy atom. The molecule has 0 radical (unpaired) electrons. The standard InChI is InChI=1S/C14H11N3.C2H3N3/c1-2-6-11(7-3-1)17-14-12-8-4-5-9-13(12)15-10-16-14;1-2-4-5-3-1/h1-10H,(H,15,16,17);1-2H,(H,3,4,5). The molecule has 2 N–H and O–H groups in total. The number of nitrogens with one attached hydrogen (secondary N) is 2. The number of para-hydroxylation sites is 2. The zero-order valence-electron chi connectivity index (χ0n) is 11.7. The predicted molar refractivity (Wildman–Crippen MR) is 85.6 cm³/mol. The first-order chi connectivity index (χ1) is 10.9. The maximum Gasteiger partial charge on any atom is 0.141 e. The predicted octanol–water partition coefficient (Wildman–Crippen LogP) is 3.18. The van der Waals surface area contributed by atoms with Crippen LogP contribution in [0.4, 0.5) is 11.5 Å². The number of rotatable bonds is 2. The molecule has 108 valence electrons.